The number of aliphatic hydroxyl groups is 1. The van der Waals surface area contributed by atoms with E-state index in [1.165, 1.54) is 30.2 Å². The minimum Gasteiger partial charge on any atom is -0.507 e. The van der Waals surface area contributed by atoms with Gasteiger partial charge in [0.05, 0.1) is 23.1 Å². The average molecular weight is 382 g/mol. The molecule has 1 N–H and O–H groups in total. The molecule has 0 spiro atoms. The number of ether oxygens (including phenoxy) is 1. The molecular weight excluding hydrogens is 364 g/mol. The van der Waals surface area contributed by atoms with Gasteiger partial charge in [0.15, 0.2) is 0 Å². The van der Waals surface area contributed by atoms with E-state index < -0.39 is 22.7 Å². The van der Waals surface area contributed by atoms with Gasteiger partial charge in [-0.05, 0) is 5.56 Å². The highest BCUT2D eigenvalue weighted by molar-refractivity contribution is 6.46. The Morgan fingerprint density at radius 1 is 1.18 bits per heavy atom. The zero-order valence-electron chi connectivity index (χ0n) is 15.1. The fourth-order valence-corrected chi connectivity index (χ4v) is 3.21. The van der Waals surface area contributed by atoms with Crippen molar-refractivity contribution in [2.45, 2.75) is 6.04 Å². The molecule has 0 unspecified atom stereocenters. The summed E-state index contributed by atoms with van der Waals surface area (Å²) in [4.78, 5) is 37.2. The predicted molar refractivity (Wildman–Crippen MR) is 100 cm³/mol. The van der Waals surface area contributed by atoms with E-state index in [1.807, 2.05) is 0 Å². The van der Waals surface area contributed by atoms with Crippen LogP contribution < -0.4 is 0 Å². The molecule has 8 nitrogen and oxygen atoms in total. The summed E-state index contributed by atoms with van der Waals surface area (Å²) in [6.45, 7) is 0.268. The maximum atomic E-state index is 12.7. The topological polar surface area (TPSA) is 110 Å². The van der Waals surface area contributed by atoms with Crippen LogP contribution in [0.25, 0.3) is 5.76 Å². The number of likely N-dealkylation sites (tertiary alicyclic amines) is 1. The smallest absolute Gasteiger partial charge is 0.295 e. The Balaban J connectivity index is 2.18. The van der Waals surface area contributed by atoms with Crippen LogP contribution in [0.5, 0.6) is 0 Å². The van der Waals surface area contributed by atoms with Crippen LogP contribution in [0.4, 0.5) is 5.69 Å². The first-order valence-electron chi connectivity index (χ1n) is 8.52. The van der Waals surface area contributed by atoms with Gasteiger partial charge >= 0.3 is 0 Å². The van der Waals surface area contributed by atoms with Crippen LogP contribution in [0.2, 0.25) is 0 Å². The number of nitrogens with zero attached hydrogens (tertiary/aromatic N) is 2. The quantitative estimate of drug-likeness (QED) is 0.270. The van der Waals surface area contributed by atoms with Crippen LogP contribution >= 0.6 is 0 Å². The summed E-state index contributed by atoms with van der Waals surface area (Å²) in [6, 6.07) is 13.1. The highest BCUT2D eigenvalue weighted by Gasteiger charge is 2.46. The van der Waals surface area contributed by atoms with E-state index in [0.717, 1.165) is 0 Å². The first-order chi connectivity index (χ1) is 13.5. The molecule has 1 fully saturated rings. The number of ketones is 1. The number of nitro benzene ring substituents is 1. The predicted octanol–water partition coefficient (Wildman–Crippen LogP) is 2.66. The number of Topliss-reactive ketones (excluding diaryl/α,β-unsaturated/α-hetero) is 1. The van der Waals surface area contributed by atoms with Gasteiger partial charge in [0.2, 0.25) is 0 Å². The largest absolute Gasteiger partial charge is 0.507 e. The molecule has 144 valence electrons. The number of aliphatic hydroxyl groups excluding tert-OH is 1. The Bertz CT molecular complexity index is 954. The molecule has 3 rings (SSSR count). The Morgan fingerprint density at radius 3 is 2.54 bits per heavy atom. The molecule has 28 heavy (non-hydrogen) atoms. The minimum atomic E-state index is -0.949. The van der Waals surface area contributed by atoms with Gasteiger partial charge in [-0.2, -0.15) is 0 Å². The Labute approximate surface area is 160 Å². The molecule has 0 aliphatic carbocycles. The highest BCUT2D eigenvalue weighted by Crippen LogP contribution is 2.39. The second-order valence-electron chi connectivity index (χ2n) is 6.20. The van der Waals surface area contributed by atoms with Crippen molar-refractivity contribution in [3.8, 4) is 0 Å². The van der Waals surface area contributed by atoms with Crippen LogP contribution in [0.1, 0.15) is 17.2 Å². The fraction of sp³-hybridized carbons (Fsp3) is 0.200. The molecule has 1 amide bonds. The number of benzene rings is 2. The number of carbonyl (C=O) groups excluding carboxylic acids is 2. The Morgan fingerprint density at radius 2 is 1.89 bits per heavy atom. The number of amides is 1. The zero-order valence-corrected chi connectivity index (χ0v) is 15.1. The summed E-state index contributed by atoms with van der Waals surface area (Å²) in [7, 11) is 1.46. The second-order valence-corrected chi connectivity index (χ2v) is 6.20. The first-order valence-corrected chi connectivity index (χ1v) is 8.52. The molecule has 8 heteroatoms. The minimum absolute atomic E-state index is 0.0972. The Hall–Kier alpha value is -3.52. The molecule has 2 aromatic rings. The fourth-order valence-electron chi connectivity index (χ4n) is 3.21. The maximum Gasteiger partial charge on any atom is 0.295 e. The number of non-ortho nitro benzene ring substituents is 1. The van der Waals surface area contributed by atoms with E-state index >= 15 is 0 Å². The Kier molecular flexibility index (Phi) is 5.51. The molecule has 0 radical (unpaired) electrons. The van der Waals surface area contributed by atoms with Crippen molar-refractivity contribution in [2.24, 2.45) is 0 Å². The lowest BCUT2D eigenvalue weighted by atomic mass is 9.95. The van der Waals surface area contributed by atoms with Crippen molar-refractivity contribution in [2.75, 3.05) is 20.3 Å². The lowest BCUT2D eigenvalue weighted by molar-refractivity contribution is -0.384. The van der Waals surface area contributed by atoms with E-state index in [0.29, 0.717) is 11.1 Å². The molecule has 0 saturated carbocycles. The number of methoxy groups -OCH3 is 1. The summed E-state index contributed by atoms with van der Waals surface area (Å²) in [6.07, 6.45) is 0. The summed E-state index contributed by atoms with van der Waals surface area (Å²) in [5, 5.41) is 21.9. The normalized spacial score (nSPS) is 18.5. The van der Waals surface area contributed by atoms with Gasteiger partial charge in [0.1, 0.15) is 5.76 Å². The molecule has 0 aromatic heterocycles. The van der Waals surface area contributed by atoms with Gasteiger partial charge in [-0.25, -0.2) is 0 Å². The van der Waals surface area contributed by atoms with Gasteiger partial charge in [-0.3, -0.25) is 19.7 Å². The van der Waals surface area contributed by atoms with Crippen LogP contribution in [-0.2, 0) is 14.3 Å². The molecule has 1 saturated heterocycles. The third-order valence-corrected chi connectivity index (χ3v) is 4.52. The van der Waals surface area contributed by atoms with Crippen molar-refractivity contribution in [3.63, 3.8) is 0 Å². The SMILES string of the molecule is COCCN1C(=O)C(=O)/C(=C(/O)c2ccccc2)[C@H]1c1cccc([N+](=O)[O-])c1. The third kappa shape index (κ3) is 3.49. The summed E-state index contributed by atoms with van der Waals surface area (Å²) in [5.74, 6) is -1.95. The molecular formula is C20H18N2O6. The van der Waals surface area contributed by atoms with Crippen molar-refractivity contribution in [1.29, 1.82) is 0 Å². The molecule has 1 aliphatic heterocycles. The van der Waals surface area contributed by atoms with Gasteiger partial charge in [0.25, 0.3) is 17.4 Å². The zero-order chi connectivity index (χ0) is 20.3. The molecule has 0 bridgehead atoms. The van der Waals surface area contributed by atoms with Crippen LogP contribution in [0.3, 0.4) is 0 Å². The van der Waals surface area contributed by atoms with E-state index in [2.05, 4.69) is 0 Å². The second kappa shape index (κ2) is 8.01. The van der Waals surface area contributed by atoms with E-state index in [1.54, 1.807) is 36.4 Å². The van der Waals surface area contributed by atoms with Crippen LogP contribution in [0, 0.1) is 10.1 Å². The molecule has 1 atom stereocenters. The van der Waals surface area contributed by atoms with Gasteiger partial charge < -0.3 is 14.7 Å². The van der Waals surface area contributed by atoms with Gasteiger partial charge in [-0.15, -0.1) is 0 Å². The average Bonchev–Trinajstić information content (AvgIpc) is 2.97. The van der Waals surface area contributed by atoms with Crippen molar-refractivity contribution < 1.29 is 24.4 Å². The molecule has 2 aromatic carbocycles. The lowest BCUT2D eigenvalue weighted by Gasteiger charge is -2.24. The molecule has 1 heterocycles. The standard InChI is InChI=1S/C20H18N2O6/c1-28-11-10-21-17(14-8-5-9-15(12-14)22(26)27)16(19(24)20(21)25)18(23)13-6-3-2-4-7-13/h2-9,12,17,23H,10-11H2,1H3/b18-16+/t17-/m1/s1. The van der Waals surface area contributed by atoms with Gasteiger partial charge in [0, 0.05) is 31.4 Å². The van der Waals surface area contributed by atoms with Crippen molar-refractivity contribution in [3.05, 3.63) is 81.4 Å². The number of hydrogen-bond donors (Lipinski definition) is 1. The van der Waals surface area contributed by atoms with Gasteiger partial charge in [-0.1, -0.05) is 42.5 Å². The van der Waals surface area contributed by atoms with E-state index in [9.17, 15) is 24.8 Å². The highest BCUT2D eigenvalue weighted by atomic mass is 16.6. The number of nitro groups is 1. The summed E-state index contributed by atoms with van der Waals surface area (Å²) < 4.78 is 5.02. The van der Waals surface area contributed by atoms with Crippen LogP contribution in [-0.4, -0.2) is 46.9 Å². The van der Waals surface area contributed by atoms with Crippen LogP contribution in [0.15, 0.2) is 60.2 Å². The third-order valence-electron chi connectivity index (χ3n) is 4.52. The first kappa shape index (κ1) is 19.2. The monoisotopic (exact) mass is 382 g/mol. The van der Waals surface area contributed by atoms with E-state index in [-0.39, 0.29) is 30.2 Å². The number of hydrogen-bond acceptors (Lipinski definition) is 6. The maximum absolute atomic E-state index is 12.7. The van der Waals surface area contributed by atoms with Crippen molar-refractivity contribution >= 4 is 23.1 Å². The lowest BCUT2D eigenvalue weighted by Crippen LogP contribution is -2.32. The summed E-state index contributed by atoms with van der Waals surface area (Å²) >= 11 is 0. The summed E-state index contributed by atoms with van der Waals surface area (Å²) in [5.41, 5.74) is 0.465. The number of carbonyl (C=O) groups is 2. The molecule has 1 aliphatic rings. The number of rotatable bonds is 6. The van der Waals surface area contributed by atoms with Crippen molar-refractivity contribution in [1.82, 2.24) is 4.90 Å². The van der Waals surface area contributed by atoms with E-state index in [4.69, 9.17) is 4.74 Å².